The van der Waals surface area contributed by atoms with Crippen molar-refractivity contribution < 1.29 is 18.0 Å². The maximum absolute atomic E-state index is 13.9. The van der Waals surface area contributed by atoms with Gasteiger partial charge in [0.1, 0.15) is 12.6 Å². The third-order valence-corrected chi connectivity index (χ3v) is 8.41. The lowest BCUT2D eigenvalue weighted by atomic mass is 10.1. The van der Waals surface area contributed by atoms with Crippen molar-refractivity contribution in [2.75, 3.05) is 17.4 Å². The van der Waals surface area contributed by atoms with Gasteiger partial charge in [-0.1, -0.05) is 54.9 Å². The highest BCUT2D eigenvalue weighted by Crippen LogP contribution is 2.27. The van der Waals surface area contributed by atoms with E-state index in [1.807, 2.05) is 57.2 Å². The molecule has 0 aliphatic carbocycles. The van der Waals surface area contributed by atoms with Crippen LogP contribution >= 0.6 is 11.6 Å². The lowest BCUT2D eigenvalue weighted by Crippen LogP contribution is -2.51. The van der Waals surface area contributed by atoms with E-state index in [0.29, 0.717) is 17.3 Å². The number of rotatable bonds is 11. The van der Waals surface area contributed by atoms with Crippen LogP contribution in [0.25, 0.3) is 0 Å². The number of hydrogen-bond acceptors (Lipinski definition) is 4. The first-order chi connectivity index (χ1) is 18.0. The molecule has 1 atom stereocenters. The molecule has 0 aliphatic heterocycles. The SMILES string of the molecule is CCCNC(=O)[C@@H](C)N(Cc1ccccc1)C(=O)CN(c1ccc(C)c(C)c1)S(=O)(=O)c1ccc(Cl)cc1. The van der Waals surface area contributed by atoms with Crippen LogP contribution in [0, 0.1) is 13.8 Å². The average Bonchev–Trinajstić information content (AvgIpc) is 2.90. The fraction of sp³-hybridized carbons (Fsp3) is 0.310. The molecular formula is C29H34ClN3O4S. The quantitative estimate of drug-likeness (QED) is 0.357. The second-order valence-electron chi connectivity index (χ2n) is 9.21. The molecule has 1 N–H and O–H groups in total. The van der Waals surface area contributed by atoms with Crippen LogP contribution in [-0.2, 0) is 26.2 Å². The monoisotopic (exact) mass is 555 g/mol. The molecule has 0 saturated carbocycles. The molecule has 3 aromatic rings. The maximum Gasteiger partial charge on any atom is 0.264 e. The number of aryl methyl sites for hydroxylation is 2. The summed E-state index contributed by atoms with van der Waals surface area (Å²) in [6, 6.07) is 19.6. The Balaban J connectivity index is 2.03. The Labute approximate surface area is 230 Å². The lowest BCUT2D eigenvalue weighted by Gasteiger charge is -2.32. The highest BCUT2D eigenvalue weighted by atomic mass is 35.5. The molecule has 0 heterocycles. The molecule has 3 rings (SSSR count). The van der Waals surface area contributed by atoms with Gasteiger partial charge in [-0.05, 0) is 80.3 Å². The predicted molar refractivity (Wildman–Crippen MR) is 152 cm³/mol. The van der Waals surface area contributed by atoms with Crippen molar-refractivity contribution in [2.24, 2.45) is 0 Å². The summed E-state index contributed by atoms with van der Waals surface area (Å²) < 4.78 is 28.8. The molecule has 3 aromatic carbocycles. The molecule has 0 unspecified atom stereocenters. The van der Waals surface area contributed by atoms with E-state index in [1.165, 1.54) is 29.2 Å². The molecule has 2 amide bonds. The van der Waals surface area contributed by atoms with E-state index in [4.69, 9.17) is 11.6 Å². The summed E-state index contributed by atoms with van der Waals surface area (Å²) >= 11 is 5.99. The highest BCUT2D eigenvalue weighted by molar-refractivity contribution is 7.92. The Kier molecular flexibility index (Phi) is 9.94. The highest BCUT2D eigenvalue weighted by Gasteiger charge is 2.32. The van der Waals surface area contributed by atoms with Crippen LogP contribution in [0.15, 0.2) is 77.7 Å². The summed E-state index contributed by atoms with van der Waals surface area (Å²) in [6.07, 6.45) is 0.755. The van der Waals surface area contributed by atoms with Crippen molar-refractivity contribution in [3.63, 3.8) is 0 Å². The fourth-order valence-electron chi connectivity index (χ4n) is 3.90. The van der Waals surface area contributed by atoms with Gasteiger partial charge in [0.2, 0.25) is 11.8 Å². The van der Waals surface area contributed by atoms with Crippen LogP contribution in [0.4, 0.5) is 5.69 Å². The number of sulfonamides is 1. The summed E-state index contributed by atoms with van der Waals surface area (Å²) in [7, 11) is -4.14. The standard InChI is InChI=1S/C29H34ClN3O4S/c1-5-17-31-29(35)23(4)32(19-24-9-7-6-8-10-24)28(34)20-33(26-14-11-21(2)22(3)18-26)38(36,37)27-15-12-25(30)13-16-27/h6-16,18,23H,5,17,19-20H2,1-4H3,(H,31,35)/t23-/m1/s1. The second-order valence-corrected chi connectivity index (χ2v) is 11.5. The van der Waals surface area contributed by atoms with Gasteiger partial charge in [0.15, 0.2) is 0 Å². The maximum atomic E-state index is 13.9. The normalized spacial score (nSPS) is 12.0. The number of benzene rings is 3. The Morgan fingerprint density at radius 3 is 2.21 bits per heavy atom. The molecule has 38 heavy (non-hydrogen) atoms. The van der Waals surface area contributed by atoms with Crippen molar-refractivity contribution >= 4 is 39.1 Å². The first-order valence-corrected chi connectivity index (χ1v) is 14.3. The molecule has 0 fully saturated rings. The summed E-state index contributed by atoms with van der Waals surface area (Å²) in [5.41, 5.74) is 3.07. The molecule has 0 saturated heterocycles. The fourth-order valence-corrected chi connectivity index (χ4v) is 5.43. The van der Waals surface area contributed by atoms with E-state index in [9.17, 15) is 18.0 Å². The van der Waals surface area contributed by atoms with Gasteiger partial charge in [0, 0.05) is 18.1 Å². The first-order valence-electron chi connectivity index (χ1n) is 12.5. The number of carbonyl (C=O) groups excluding carboxylic acids is 2. The van der Waals surface area contributed by atoms with Crippen LogP contribution in [0.2, 0.25) is 5.02 Å². The molecule has 7 nitrogen and oxygen atoms in total. The summed E-state index contributed by atoms with van der Waals surface area (Å²) in [5.74, 6) is -0.793. The van der Waals surface area contributed by atoms with E-state index in [-0.39, 0.29) is 17.3 Å². The van der Waals surface area contributed by atoms with Gasteiger partial charge in [0.25, 0.3) is 10.0 Å². The second kappa shape index (κ2) is 12.9. The minimum absolute atomic E-state index is 0.0104. The van der Waals surface area contributed by atoms with Crippen molar-refractivity contribution in [3.05, 3.63) is 94.5 Å². The average molecular weight is 556 g/mol. The smallest absolute Gasteiger partial charge is 0.264 e. The zero-order valence-corrected chi connectivity index (χ0v) is 23.7. The van der Waals surface area contributed by atoms with Crippen LogP contribution < -0.4 is 9.62 Å². The minimum Gasteiger partial charge on any atom is -0.354 e. The lowest BCUT2D eigenvalue weighted by molar-refractivity contribution is -0.139. The zero-order chi connectivity index (χ0) is 27.9. The zero-order valence-electron chi connectivity index (χ0n) is 22.1. The Morgan fingerprint density at radius 2 is 1.61 bits per heavy atom. The largest absolute Gasteiger partial charge is 0.354 e. The third-order valence-electron chi connectivity index (χ3n) is 6.37. The summed E-state index contributed by atoms with van der Waals surface area (Å²) in [4.78, 5) is 28.2. The first kappa shape index (κ1) is 29.2. The van der Waals surface area contributed by atoms with E-state index in [1.54, 1.807) is 19.1 Å². The van der Waals surface area contributed by atoms with Gasteiger partial charge in [-0.3, -0.25) is 13.9 Å². The van der Waals surface area contributed by atoms with Crippen molar-refractivity contribution in [3.8, 4) is 0 Å². The number of amides is 2. The number of nitrogens with one attached hydrogen (secondary N) is 1. The molecule has 202 valence electrons. The van der Waals surface area contributed by atoms with E-state index in [0.717, 1.165) is 27.4 Å². The molecule has 9 heteroatoms. The number of hydrogen-bond donors (Lipinski definition) is 1. The number of anilines is 1. The third kappa shape index (κ3) is 7.14. The van der Waals surface area contributed by atoms with Crippen molar-refractivity contribution in [1.29, 1.82) is 0 Å². The van der Waals surface area contributed by atoms with E-state index in [2.05, 4.69) is 5.32 Å². The Bertz CT molecular complexity index is 1360. The van der Waals surface area contributed by atoms with Crippen LogP contribution in [-0.4, -0.2) is 44.3 Å². The Hall–Kier alpha value is -3.36. The van der Waals surface area contributed by atoms with Gasteiger partial charge in [-0.25, -0.2) is 8.42 Å². The van der Waals surface area contributed by atoms with Gasteiger partial charge in [-0.15, -0.1) is 0 Å². The van der Waals surface area contributed by atoms with Crippen molar-refractivity contribution in [2.45, 2.75) is 51.6 Å². The minimum atomic E-state index is -4.14. The Morgan fingerprint density at radius 1 is 0.947 bits per heavy atom. The van der Waals surface area contributed by atoms with Gasteiger partial charge >= 0.3 is 0 Å². The summed E-state index contributed by atoms with van der Waals surface area (Å²) in [5, 5.41) is 3.24. The number of carbonyl (C=O) groups is 2. The van der Waals surface area contributed by atoms with Crippen molar-refractivity contribution in [1.82, 2.24) is 10.2 Å². The van der Waals surface area contributed by atoms with Gasteiger partial charge < -0.3 is 10.2 Å². The van der Waals surface area contributed by atoms with E-state index < -0.39 is 28.5 Å². The number of nitrogens with zero attached hydrogens (tertiary/aromatic N) is 2. The van der Waals surface area contributed by atoms with Crippen LogP contribution in [0.3, 0.4) is 0 Å². The molecular weight excluding hydrogens is 522 g/mol. The van der Waals surface area contributed by atoms with Crippen LogP contribution in [0.1, 0.15) is 37.0 Å². The molecule has 0 aliphatic rings. The molecule has 0 spiro atoms. The molecule has 0 radical (unpaired) electrons. The summed E-state index contributed by atoms with van der Waals surface area (Å²) in [6.45, 7) is 7.57. The van der Waals surface area contributed by atoms with Gasteiger partial charge in [0.05, 0.1) is 10.6 Å². The molecule has 0 aromatic heterocycles. The topological polar surface area (TPSA) is 86.8 Å². The number of halogens is 1. The molecule has 0 bridgehead atoms. The van der Waals surface area contributed by atoms with E-state index >= 15 is 0 Å². The van der Waals surface area contributed by atoms with Crippen LogP contribution in [0.5, 0.6) is 0 Å². The predicted octanol–water partition coefficient (Wildman–Crippen LogP) is 5.10. The van der Waals surface area contributed by atoms with Gasteiger partial charge in [-0.2, -0.15) is 0 Å².